The van der Waals surface area contributed by atoms with Gasteiger partial charge in [-0.15, -0.1) is 0 Å². The average molecular weight is 311 g/mol. The molecule has 0 heterocycles. The summed E-state index contributed by atoms with van der Waals surface area (Å²) >= 11 is 0. The summed E-state index contributed by atoms with van der Waals surface area (Å²) in [5.74, 6) is -0.255. The number of rotatable bonds is 5. The Morgan fingerprint density at radius 1 is 0.913 bits per heavy atom. The minimum Gasteiger partial charge on any atom is -0.376 e. The lowest BCUT2D eigenvalue weighted by molar-refractivity contribution is -0.114. The fourth-order valence-corrected chi connectivity index (χ4v) is 2.32. The van der Waals surface area contributed by atoms with Crippen LogP contribution in [0.2, 0.25) is 0 Å². The maximum atomic E-state index is 12.0. The molecule has 0 fully saturated rings. The van der Waals surface area contributed by atoms with E-state index >= 15 is 0 Å². The molecule has 0 bridgehead atoms. The van der Waals surface area contributed by atoms with Crippen LogP contribution in [0.3, 0.4) is 0 Å². The van der Waals surface area contributed by atoms with E-state index in [2.05, 4.69) is 22.0 Å². The number of hydrogen-bond donors (Lipinski definition) is 3. The molecular formula is C18H21N3O2. The molecule has 0 unspecified atom stereocenters. The summed E-state index contributed by atoms with van der Waals surface area (Å²) in [6.07, 6.45) is 0. The van der Waals surface area contributed by atoms with Crippen LogP contribution >= 0.6 is 0 Å². The van der Waals surface area contributed by atoms with Crippen LogP contribution in [0, 0.1) is 13.8 Å². The van der Waals surface area contributed by atoms with Crippen molar-refractivity contribution >= 4 is 23.2 Å². The Hall–Kier alpha value is -2.82. The van der Waals surface area contributed by atoms with E-state index in [4.69, 9.17) is 0 Å². The van der Waals surface area contributed by atoms with Gasteiger partial charge in [-0.1, -0.05) is 6.07 Å². The molecule has 0 aliphatic heterocycles. The number of nitrogens with one attached hydrogen (secondary N) is 3. The third kappa shape index (κ3) is 4.85. The van der Waals surface area contributed by atoms with Gasteiger partial charge >= 0.3 is 0 Å². The SMILES string of the molecule is CNC(=O)c1ccc(NCC(=O)Nc2cc(C)cc(C)c2)cc1. The highest BCUT2D eigenvalue weighted by molar-refractivity contribution is 5.95. The smallest absolute Gasteiger partial charge is 0.251 e. The van der Waals surface area contributed by atoms with Crippen molar-refractivity contribution in [2.75, 3.05) is 24.2 Å². The normalized spacial score (nSPS) is 10.0. The quantitative estimate of drug-likeness (QED) is 0.795. The number of aryl methyl sites for hydroxylation is 2. The summed E-state index contributed by atoms with van der Waals surface area (Å²) in [5.41, 5.74) is 4.38. The predicted molar refractivity (Wildman–Crippen MR) is 92.9 cm³/mol. The molecule has 3 N–H and O–H groups in total. The van der Waals surface area contributed by atoms with Gasteiger partial charge in [0.25, 0.3) is 5.91 Å². The number of hydrogen-bond acceptors (Lipinski definition) is 3. The van der Waals surface area contributed by atoms with E-state index in [0.717, 1.165) is 22.5 Å². The monoisotopic (exact) mass is 311 g/mol. The number of anilines is 2. The van der Waals surface area contributed by atoms with E-state index in [9.17, 15) is 9.59 Å². The number of carbonyl (C=O) groups excluding carboxylic acids is 2. The van der Waals surface area contributed by atoms with Gasteiger partial charge in [0.1, 0.15) is 0 Å². The van der Waals surface area contributed by atoms with Crippen LogP contribution in [0.15, 0.2) is 42.5 Å². The Morgan fingerprint density at radius 3 is 2.09 bits per heavy atom. The summed E-state index contributed by atoms with van der Waals surface area (Å²) in [5, 5.41) is 8.47. The van der Waals surface area contributed by atoms with Crippen molar-refractivity contribution in [2.45, 2.75) is 13.8 Å². The maximum absolute atomic E-state index is 12.0. The lowest BCUT2D eigenvalue weighted by Crippen LogP contribution is -2.22. The van der Waals surface area contributed by atoms with Crippen molar-refractivity contribution in [1.29, 1.82) is 0 Å². The van der Waals surface area contributed by atoms with Crippen molar-refractivity contribution in [1.82, 2.24) is 5.32 Å². The summed E-state index contributed by atoms with van der Waals surface area (Å²) in [6, 6.07) is 12.9. The van der Waals surface area contributed by atoms with Gasteiger partial charge in [0.2, 0.25) is 5.91 Å². The van der Waals surface area contributed by atoms with Crippen LogP contribution in [0.1, 0.15) is 21.5 Å². The second-order valence-corrected chi connectivity index (χ2v) is 5.43. The largest absolute Gasteiger partial charge is 0.376 e. The molecule has 0 radical (unpaired) electrons. The van der Waals surface area contributed by atoms with E-state index in [1.165, 1.54) is 0 Å². The molecule has 5 heteroatoms. The topological polar surface area (TPSA) is 70.2 Å². The van der Waals surface area contributed by atoms with Crippen molar-refractivity contribution < 1.29 is 9.59 Å². The third-order valence-corrected chi connectivity index (χ3v) is 3.33. The summed E-state index contributed by atoms with van der Waals surface area (Å²) in [6.45, 7) is 4.15. The Bertz CT molecular complexity index is 688. The zero-order valence-corrected chi connectivity index (χ0v) is 13.6. The predicted octanol–water partition coefficient (Wildman–Crippen LogP) is 2.71. The fourth-order valence-electron chi connectivity index (χ4n) is 2.32. The first kappa shape index (κ1) is 16.5. The maximum Gasteiger partial charge on any atom is 0.251 e. The minimum atomic E-state index is -0.135. The molecule has 0 aromatic heterocycles. The second-order valence-electron chi connectivity index (χ2n) is 5.43. The van der Waals surface area contributed by atoms with Crippen LogP contribution in [0.25, 0.3) is 0 Å². The van der Waals surface area contributed by atoms with Crippen molar-refractivity contribution in [2.24, 2.45) is 0 Å². The van der Waals surface area contributed by atoms with E-state index in [-0.39, 0.29) is 18.4 Å². The zero-order valence-electron chi connectivity index (χ0n) is 13.6. The van der Waals surface area contributed by atoms with Gasteiger partial charge in [-0.05, 0) is 61.4 Å². The van der Waals surface area contributed by atoms with Gasteiger partial charge in [-0.2, -0.15) is 0 Å². The standard InChI is InChI=1S/C18H21N3O2/c1-12-8-13(2)10-16(9-12)21-17(22)11-20-15-6-4-14(5-7-15)18(23)19-3/h4-10,20H,11H2,1-3H3,(H,19,23)(H,21,22). The molecular weight excluding hydrogens is 290 g/mol. The van der Waals surface area contributed by atoms with Gasteiger partial charge in [0.05, 0.1) is 6.54 Å². The number of benzene rings is 2. The van der Waals surface area contributed by atoms with Crippen molar-refractivity contribution in [3.63, 3.8) is 0 Å². The molecule has 5 nitrogen and oxygen atoms in total. The van der Waals surface area contributed by atoms with E-state index in [0.29, 0.717) is 5.56 Å². The summed E-state index contributed by atoms with van der Waals surface area (Å²) in [7, 11) is 1.59. The van der Waals surface area contributed by atoms with Crippen LogP contribution in [-0.2, 0) is 4.79 Å². The molecule has 120 valence electrons. The van der Waals surface area contributed by atoms with Gasteiger partial charge < -0.3 is 16.0 Å². The summed E-state index contributed by atoms with van der Waals surface area (Å²) < 4.78 is 0. The molecule has 0 aliphatic carbocycles. The van der Waals surface area contributed by atoms with E-state index < -0.39 is 0 Å². The Labute approximate surface area is 136 Å². The molecule has 0 saturated heterocycles. The fraction of sp³-hybridized carbons (Fsp3) is 0.222. The molecule has 0 aliphatic rings. The van der Waals surface area contributed by atoms with Gasteiger partial charge in [0, 0.05) is 24.0 Å². The first-order valence-electron chi connectivity index (χ1n) is 7.42. The second kappa shape index (κ2) is 7.45. The first-order valence-corrected chi connectivity index (χ1v) is 7.42. The minimum absolute atomic E-state index is 0.120. The van der Waals surface area contributed by atoms with Crippen molar-refractivity contribution in [3.8, 4) is 0 Å². The molecule has 23 heavy (non-hydrogen) atoms. The highest BCUT2D eigenvalue weighted by Gasteiger charge is 2.05. The highest BCUT2D eigenvalue weighted by Crippen LogP contribution is 2.14. The molecule has 0 spiro atoms. The Morgan fingerprint density at radius 2 is 1.52 bits per heavy atom. The lowest BCUT2D eigenvalue weighted by Gasteiger charge is -2.10. The molecule has 2 aromatic rings. The summed E-state index contributed by atoms with van der Waals surface area (Å²) in [4.78, 5) is 23.4. The van der Waals surface area contributed by atoms with E-state index in [1.807, 2.05) is 26.0 Å². The average Bonchev–Trinajstić information content (AvgIpc) is 2.51. The zero-order chi connectivity index (χ0) is 16.8. The van der Waals surface area contributed by atoms with Crippen LogP contribution in [-0.4, -0.2) is 25.4 Å². The molecule has 2 amide bonds. The molecule has 0 atom stereocenters. The first-order chi connectivity index (χ1) is 11.0. The highest BCUT2D eigenvalue weighted by atomic mass is 16.2. The Kier molecular flexibility index (Phi) is 5.36. The third-order valence-electron chi connectivity index (χ3n) is 3.33. The molecule has 2 rings (SSSR count). The lowest BCUT2D eigenvalue weighted by atomic mass is 10.1. The van der Waals surface area contributed by atoms with Crippen LogP contribution in [0.5, 0.6) is 0 Å². The van der Waals surface area contributed by atoms with Crippen molar-refractivity contribution in [3.05, 3.63) is 59.2 Å². The van der Waals surface area contributed by atoms with Gasteiger partial charge in [-0.25, -0.2) is 0 Å². The van der Waals surface area contributed by atoms with Crippen LogP contribution in [0.4, 0.5) is 11.4 Å². The van der Waals surface area contributed by atoms with Gasteiger partial charge in [0.15, 0.2) is 0 Å². The Balaban J connectivity index is 1.90. The molecule has 2 aromatic carbocycles. The molecule has 0 saturated carbocycles. The number of carbonyl (C=O) groups is 2. The number of amides is 2. The van der Waals surface area contributed by atoms with Crippen LogP contribution < -0.4 is 16.0 Å². The van der Waals surface area contributed by atoms with E-state index in [1.54, 1.807) is 31.3 Å². The van der Waals surface area contributed by atoms with Gasteiger partial charge in [-0.3, -0.25) is 9.59 Å².